The maximum absolute atomic E-state index is 5.64. The molecular weight excluding hydrogens is 124 g/mol. The third kappa shape index (κ3) is 3.28. The molecule has 0 aliphatic heterocycles. The van der Waals surface area contributed by atoms with Crippen molar-refractivity contribution < 1.29 is 0 Å². The zero-order chi connectivity index (χ0) is 8.20. The van der Waals surface area contributed by atoms with Gasteiger partial charge in [-0.3, -0.25) is 4.99 Å². The minimum Gasteiger partial charge on any atom is -0.387 e. The molecule has 10 heavy (non-hydrogen) atoms. The van der Waals surface area contributed by atoms with E-state index in [0.717, 1.165) is 0 Å². The van der Waals surface area contributed by atoms with Gasteiger partial charge in [0, 0.05) is 5.41 Å². The van der Waals surface area contributed by atoms with Crippen LogP contribution in [-0.2, 0) is 0 Å². The normalized spacial score (nSPS) is 13.3. The lowest BCUT2D eigenvalue weighted by molar-refractivity contribution is 0.583. The average Bonchev–Trinajstić information content (AvgIpc) is 1.80. The van der Waals surface area contributed by atoms with Crippen LogP contribution in [0.3, 0.4) is 0 Å². The molecule has 2 N–H and O–H groups in total. The van der Waals surface area contributed by atoms with Crippen LogP contribution in [0.1, 0.15) is 20.8 Å². The van der Waals surface area contributed by atoms with Gasteiger partial charge in [0.15, 0.2) is 0 Å². The van der Waals surface area contributed by atoms with Gasteiger partial charge >= 0.3 is 0 Å². The Morgan fingerprint density at radius 2 is 2.10 bits per heavy atom. The summed E-state index contributed by atoms with van der Waals surface area (Å²) in [6, 6.07) is 0. The van der Waals surface area contributed by atoms with E-state index < -0.39 is 0 Å². The predicted octanol–water partition coefficient (Wildman–Crippen LogP) is 1.58. The zero-order valence-corrected chi connectivity index (χ0v) is 7.02. The molecule has 2 heteroatoms. The first-order valence-electron chi connectivity index (χ1n) is 3.40. The number of hydrogen-bond donors (Lipinski definition) is 1. The Hall–Kier alpha value is -0.790. The molecule has 0 amide bonds. The second-order valence-corrected chi connectivity index (χ2v) is 3.26. The quantitative estimate of drug-likeness (QED) is 0.353. The second kappa shape index (κ2) is 3.40. The third-order valence-electron chi connectivity index (χ3n) is 1.16. The highest BCUT2D eigenvalue weighted by molar-refractivity contribution is 5.85. The van der Waals surface area contributed by atoms with Crippen molar-refractivity contribution in [3.05, 3.63) is 12.7 Å². The first-order valence-corrected chi connectivity index (χ1v) is 3.40. The first-order chi connectivity index (χ1) is 4.48. The fraction of sp³-hybridized carbons (Fsp3) is 0.625. The summed E-state index contributed by atoms with van der Waals surface area (Å²) in [5.74, 6) is 0.687. The summed E-state index contributed by atoms with van der Waals surface area (Å²) in [5.41, 5.74) is 5.63. The molecule has 0 radical (unpaired) electrons. The molecule has 0 unspecified atom stereocenters. The molecule has 0 aliphatic rings. The summed E-state index contributed by atoms with van der Waals surface area (Å²) in [7, 11) is 0. The predicted molar refractivity (Wildman–Crippen MR) is 46.1 cm³/mol. The van der Waals surface area contributed by atoms with Crippen molar-refractivity contribution in [2.75, 3.05) is 6.54 Å². The van der Waals surface area contributed by atoms with Crippen molar-refractivity contribution in [2.24, 2.45) is 16.1 Å². The molecule has 0 rings (SSSR count). The van der Waals surface area contributed by atoms with E-state index in [-0.39, 0.29) is 5.41 Å². The SMILES string of the molecule is C=CCN=C(N)C(C)(C)C. The Bertz CT molecular complexity index is 140. The lowest BCUT2D eigenvalue weighted by Gasteiger charge is -2.16. The summed E-state index contributed by atoms with van der Waals surface area (Å²) >= 11 is 0. The van der Waals surface area contributed by atoms with Crippen molar-refractivity contribution in [3.63, 3.8) is 0 Å². The van der Waals surface area contributed by atoms with Crippen LogP contribution in [0.5, 0.6) is 0 Å². The Balaban J connectivity index is 4.05. The fourth-order valence-corrected chi connectivity index (χ4v) is 0.400. The molecule has 0 atom stereocenters. The van der Waals surface area contributed by atoms with Gasteiger partial charge in [0.05, 0.1) is 12.4 Å². The van der Waals surface area contributed by atoms with E-state index in [1.807, 2.05) is 20.8 Å². The zero-order valence-electron chi connectivity index (χ0n) is 7.02. The number of amidine groups is 1. The summed E-state index contributed by atoms with van der Waals surface area (Å²) < 4.78 is 0. The van der Waals surface area contributed by atoms with Gasteiger partial charge in [-0.25, -0.2) is 0 Å². The van der Waals surface area contributed by atoms with Crippen molar-refractivity contribution in [1.82, 2.24) is 0 Å². The van der Waals surface area contributed by atoms with E-state index in [1.165, 1.54) is 0 Å². The van der Waals surface area contributed by atoms with Crippen molar-refractivity contribution >= 4 is 5.84 Å². The van der Waals surface area contributed by atoms with E-state index in [0.29, 0.717) is 12.4 Å². The summed E-state index contributed by atoms with van der Waals surface area (Å²) in [5, 5.41) is 0. The molecule has 0 heterocycles. The number of aliphatic imine (C=N–C) groups is 1. The number of nitrogens with two attached hydrogens (primary N) is 1. The maximum Gasteiger partial charge on any atom is 0.0995 e. The van der Waals surface area contributed by atoms with Crippen molar-refractivity contribution in [1.29, 1.82) is 0 Å². The Morgan fingerprint density at radius 1 is 1.60 bits per heavy atom. The molecule has 0 spiro atoms. The van der Waals surface area contributed by atoms with Gasteiger partial charge in [-0.1, -0.05) is 26.8 Å². The summed E-state index contributed by atoms with van der Waals surface area (Å²) in [6.45, 7) is 10.3. The maximum atomic E-state index is 5.64. The van der Waals surface area contributed by atoms with Crippen LogP contribution in [0.25, 0.3) is 0 Å². The van der Waals surface area contributed by atoms with E-state index >= 15 is 0 Å². The molecule has 0 aromatic rings. The lowest BCUT2D eigenvalue weighted by Crippen LogP contribution is -2.29. The molecule has 0 aromatic carbocycles. The standard InChI is InChI=1S/C8H16N2/c1-5-6-10-7(9)8(2,3)4/h5H,1,6H2,2-4H3,(H2,9,10). The van der Waals surface area contributed by atoms with Gasteiger partial charge < -0.3 is 5.73 Å². The van der Waals surface area contributed by atoms with Crippen LogP contribution in [-0.4, -0.2) is 12.4 Å². The third-order valence-corrected chi connectivity index (χ3v) is 1.16. The molecule has 2 nitrogen and oxygen atoms in total. The van der Waals surface area contributed by atoms with Gasteiger partial charge in [-0.2, -0.15) is 0 Å². The van der Waals surface area contributed by atoms with Crippen molar-refractivity contribution in [2.45, 2.75) is 20.8 Å². The van der Waals surface area contributed by atoms with Gasteiger partial charge in [0.1, 0.15) is 0 Å². The van der Waals surface area contributed by atoms with Gasteiger partial charge in [0.2, 0.25) is 0 Å². The smallest absolute Gasteiger partial charge is 0.0995 e. The average molecular weight is 140 g/mol. The highest BCUT2D eigenvalue weighted by Gasteiger charge is 2.14. The summed E-state index contributed by atoms with van der Waals surface area (Å²) in [6.07, 6.45) is 1.73. The van der Waals surface area contributed by atoms with Crippen molar-refractivity contribution in [3.8, 4) is 0 Å². The number of nitrogens with zero attached hydrogens (tertiary/aromatic N) is 1. The first kappa shape index (κ1) is 9.21. The Kier molecular flexibility index (Phi) is 3.13. The Labute approximate surface area is 62.8 Å². The highest BCUT2D eigenvalue weighted by Crippen LogP contribution is 2.12. The lowest BCUT2D eigenvalue weighted by atomic mass is 9.95. The van der Waals surface area contributed by atoms with Crippen LogP contribution in [0, 0.1) is 5.41 Å². The second-order valence-electron chi connectivity index (χ2n) is 3.26. The molecule has 0 saturated heterocycles. The van der Waals surface area contributed by atoms with Crippen LogP contribution >= 0.6 is 0 Å². The van der Waals surface area contributed by atoms with Gasteiger partial charge in [0.25, 0.3) is 0 Å². The van der Waals surface area contributed by atoms with E-state index in [2.05, 4.69) is 11.6 Å². The van der Waals surface area contributed by atoms with Crippen LogP contribution in [0.15, 0.2) is 17.6 Å². The van der Waals surface area contributed by atoms with Crippen LogP contribution < -0.4 is 5.73 Å². The molecule has 0 aliphatic carbocycles. The molecule has 58 valence electrons. The van der Waals surface area contributed by atoms with Crippen LogP contribution in [0.4, 0.5) is 0 Å². The van der Waals surface area contributed by atoms with E-state index in [4.69, 9.17) is 5.73 Å². The van der Waals surface area contributed by atoms with Gasteiger partial charge in [-0.05, 0) is 0 Å². The number of rotatable bonds is 2. The van der Waals surface area contributed by atoms with Crippen LogP contribution in [0.2, 0.25) is 0 Å². The minimum atomic E-state index is -0.0109. The van der Waals surface area contributed by atoms with E-state index in [9.17, 15) is 0 Å². The number of hydrogen-bond acceptors (Lipinski definition) is 1. The fourth-order valence-electron chi connectivity index (χ4n) is 0.400. The van der Waals surface area contributed by atoms with Gasteiger partial charge in [-0.15, -0.1) is 6.58 Å². The molecule has 0 bridgehead atoms. The van der Waals surface area contributed by atoms with E-state index in [1.54, 1.807) is 6.08 Å². The molecule has 0 fully saturated rings. The molecule has 0 aromatic heterocycles. The Morgan fingerprint density at radius 3 is 2.40 bits per heavy atom. The summed E-state index contributed by atoms with van der Waals surface area (Å²) in [4.78, 5) is 4.09. The molecule has 0 saturated carbocycles. The largest absolute Gasteiger partial charge is 0.387 e. The topological polar surface area (TPSA) is 38.4 Å². The highest BCUT2D eigenvalue weighted by atomic mass is 14.9. The minimum absolute atomic E-state index is 0.0109. The molecular formula is C8H16N2. The monoisotopic (exact) mass is 140 g/mol.